The van der Waals surface area contributed by atoms with Gasteiger partial charge in [-0.1, -0.05) is 29.8 Å². The quantitative estimate of drug-likeness (QED) is 0.761. The molecule has 0 saturated carbocycles. The Hall–Kier alpha value is -0.380. The van der Waals surface area contributed by atoms with Crippen LogP contribution >= 0.6 is 15.9 Å². The van der Waals surface area contributed by atoms with E-state index < -0.39 is 0 Å². The van der Waals surface area contributed by atoms with Crippen LogP contribution in [0.25, 0.3) is 0 Å². The van der Waals surface area contributed by atoms with Crippen molar-refractivity contribution in [2.75, 3.05) is 5.33 Å². The van der Waals surface area contributed by atoms with Gasteiger partial charge in [-0.15, -0.1) is 0 Å². The number of hydrogen-bond acceptors (Lipinski definition) is 2. The van der Waals surface area contributed by atoms with Gasteiger partial charge in [0.2, 0.25) is 0 Å². The molecule has 0 aromatic carbocycles. The number of aryl methyl sites for hydroxylation is 1. The Kier molecular flexibility index (Phi) is 3.90. The van der Waals surface area contributed by atoms with Crippen LogP contribution in [0.4, 0.5) is 0 Å². The molecule has 1 aromatic heterocycles. The molecule has 0 amide bonds. The Morgan fingerprint density at radius 1 is 1.54 bits per heavy atom. The Morgan fingerprint density at radius 3 is 2.62 bits per heavy atom. The fourth-order valence-corrected chi connectivity index (χ4v) is 2.18. The molecule has 1 atom stereocenters. The van der Waals surface area contributed by atoms with Gasteiger partial charge >= 0.3 is 0 Å². The number of aromatic nitrogens is 3. The average molecular weight is 246 g/mol. The third kappa shape index (κ3) is 2.79. The molecule has 1 unspecified atom stereocenters. The number of hydrogen-bond donors (Lipinski definition) is 0. The molecule has 0 saturated heterocycles. The van der Waals surface area contributed by atoms with Crippen molar-refractivity contribution >= 4 is 15.9 Å². The van der Waals surface area contributed by atoms with Crippen LogP contribution in [0.15, 0.2) is 6.33 Å². The molecular weight excluding hydrogens is 230 g/mol. The zero-order valence-corrected chi connectivity index (χ0v) is 9.95. The molecule has 1 heterocycles. The minimum absolute atomic E-state index is 0.642. The summed E-state index contributed by atoms with van der Waals surface area (Å²) < 4.78 is 1.85. The van der Waals surface area contributed by atoms with Crippen molar-refractivity contribution in [3.8, 4) is 0 Å². The van der Waals surface area contributed by atoms with E-state index in [4.69, 9.17) is 0 Å². The molecule has 0 radical (unpaired) electrons. The van der Waals surface area contributed by atoms with Gasteiger partial charge in [0, 0.05) is 18.8 Å². The second kappa shape index (κ2) is 4.74. The first-order chi connectivity index (χ1) is 6.15. The van der Waals surface area contributed by atoms with Gasteiger partial charge in [-0.05, 0) is 11.8 Å². The predicted molar refractivity (Wildman–Crippen MR) is 56.8 cm³/mol. The SMILES string of the molecule is CC(C)C(CBr)Cc1ncnn1C. The summed E-state index contributed by atoms with van der Waals surface area (Å²) in [6.07, 6.45) is 2.61. The van der Waals surface area contributed by atoms with Crippen LogP contribution in [0.3, 0.4) is 0 Å². The van der Waals surface area contributed by atoms with E-state index in [1.54, 1.807) is 6.33 Å². The minimum atomic E-state index is 0.642. The molecule has 1 aromatic rings. The van der Waals surface area contributed by atoms with Crippen LogP contribution in [0.1, 0.15) is 19.7 Å². The van der Waals surface area contributed by atoms with Crippen molar-refractivity contribution in [3.05, 3.63) is 12.2 Å². The molecule has 1 rings (SSSR count). The van der Waals surface area contributed by atoms with Crippen LogP contribution in [-0.2, 0) is 13.5 Å². The second-order valence-corrected chi connectivity index (χ2v) is 4.31. The lowest BCUT2D eigenvalue weighted by molar-refractivity contribution is 0.412. The second-order valence-electron chi connectivity index (χ2n) is 3.66. The number of nitrogens with zero attached hydrogens (tertiary/aromatic N) is 3. The van der Waals surface area contributed by atoms with Gasteiger partial charge in [0.15, 0.2) is 0 Å². The van der Waals surface area contributed by atoms with Gasteiger partial charge in [0.05, 0.1) is 0 Å². The topological polar surface area (TPSA) is 30.7 Å². The van der Waals surface area contributed by atoms with Crippen LogP contribution in [0.5, 0.6) is 0 Å². The van der Waals surface area contributed by atoms with Crippen LogP contribution in [0.2, 0.25) is 0 Å². The monoisotopic (exact) mass is 245 g/mol. The first-order valence-corrected chi connectivity index (χ1v) is 5.66. The van der Waals surface area contributed by atoms with E-state index in [9.17, 15) is 0 Å². The Balaban J connectivity index is 2.62. The zero-order chi connectivity index (χ0) is 9.84. The van der Waals surface area contributed by atoms with Gasteiger partial charge in [0.1, 0.15) is 12.2 Å². The average Bonchev–Trinajstić information content (AvgIpc) is 2.46. The van der Waals surface area contributed by atoms with Crippen molar-refractivity contribution in [1.82, 2.24) is 14.8 Å². The normalized spacial score (nSPS) is 13.6. The third-order valence-electron chi connectivity index (χ3n) is 2.39. The highest BCUT2D eigenvalue weighted by Gasteiger charge is 2.14. The summed E-state index contributed by atoms with van der Waals surface area (Å²) in [5.41, 5.74) is 0. The van der Waals surface area contributed by atoms with E-state index in [1.807, 2.05) is 11.7 Å². The highest BCUT2D eigenvalue weighted by Crippen LogP contribution is 2.17. The maximum Gasteiger partial charge on any atom is 0.138 e. The van der Waals surface area contributed by atoms with E-state index in [0.29, 0.717) is 11.8 Å². The number of rotatable bonds is 4. The fourth-order valence-electron chi connectivity index (χ4n) is 1.21. The Bertz CT molecular complexity index is 257. The van der Waals surface area contributed by atoms with Crippen LogP contribution in [-0.4, -0.2) is 20.1 Å². The summed E-state index contributed by atoms with van der Waals surface area (Å²) in [6, 6.07) is 0. The molecule has 0 aliphatic rings. The van der Waals surface area contributed by atoms with Gasteiger partial charge in [-0.25, -0.2) is 4.98 Å². The molecule has 0 aliphatic carbocycles. The predicted octanol–water partition coefficient (Wildman–Crippen LogP) is 2.02. The third-order valence-corrected chi connectivity index (χ3v) is 3.22. The largest absolute Gasteiger partial charge is 0.253 e. The summed E-state index contributed by atoms with van der Waals surface area (Å²) in [5.74, 6) is 2.39. The molecule has 3 nitrogen and oxygen atoms in total. The maximum absolute atomic E-state index is 4.22. The van der Waals surface area contributed by atoms with Crippen molar-refractivity contribution in [2.24, 2.45) is 18.9 Å². The summed E-state index contributed by atoms with van der Waals surface area (Å²) in [6.45, 7) is 4.48. The maximum atomic E-state index is 4.22. The highest BCUT2D eigenvalue weighted by molar-refractivity contribution is 9.09. The lowest BCUT2D eigenvalue weighted by atomic mass is 9.94. The minimum Gasteiger partial charge on any atom is -0.253 e. The van der Waals surface area contributed by atoms with Crippen molar-refractivity contribution < 1.29 is 0 Å². The van der Waals surface area contributed by atoms with Gasteiger partial charge in [0.25, 0.3) is 0 Å². The first kappa shape index (κ1) is 10.7. The molecule has 13 heavy (non-hydrogen) atoms. The van der Waals surface area contributed by atoms with Gasteiger partial charge < -0.3 is 0 Å². The lowest BCUT2D eigenvalue weighted by Gasteiger charge is -2.16. The van der Waals surface area contributed by atoms with E-state index in [2.05, 4.69) is 39.9 Å². The van der Waals surface area contributed by atoms with Crippen molar-refractivity contribution in [1.29, 1.82) is 0 Å². The van der Waals surface area contributed by atoms with Crippen LogP contribution < -0.4 is 0 Å². The van der Waals surface area contributed by atoms with Crippen molar-refractivity contribution in [3.63, 3.8) is 0 Å². The molecule has 0 aliphatic heterocycles. The summed E-state index contributed by atoms with van der Waals surface area (Å²) in [7, 11) is 1.94. The van der Waals surface area contributed by atoms with E-state index in [1.165, 1.54) is 0 Å². The van der Waals surface area contributed by atoms with Crippen LogP contribution in [0, 0.1) is 11.8 Å². The van der Waals surface area contributed by atoms with E-state index in [-0.39, 0.29) is 0 Å². The molecule has 4 heteroatoms. The molecule has 0 spiro atoms. The molecule has 0 N–H and O–H groups in total. The number of alkyl halides is 1. The summed E-state index contributed by atoms with van der Waals surface area (Å²) in [4.78, 5) is 4.22. The molecule has 0 bridgehead atoms. The zero-order valence-electron chi connectivity index (χ0n) is 8.37. The van der Waals surface area contributed by atoms with Gasteiger partial charge in [-0.2, -0.15) is 5.10 Å². The van der Waals surface area contributed by atoms with Crippen molar-refractivity contribution in [2.45, 2.75) is 20.3 Å². The smallest absolute Gasteiger partial charge is 0.138 e. The Morgan fingerprint density at radius 2 is 2.23 bits per heavy atom. The highest BCUT2D eigenvalue weighted by atomic mass is 79.9. The van der Waals surface area contributed by atoms with E-state index >= 15 is 0 Å². The molecule has 74 valence electrons. The lowest BCUT2D eigenvalue weighted by Crippen LogP contribution is -2.16. The summed E-state index contributed by atoms with van der Waals surface area (Å²) >= 11 is 3.53. The van der Waals surface area contributed by atoms with Gasteiger partial charge in [-0.3, -0.25) is 4.68 Å². The first-order valence-electron chi connectivity index (χ1n) is 4.54. The standard InChI is InChI=1S/C9H16BrN3/c1-7(2)8(5-10)4-9-11-6-12-13(9)3/h6-8H,4-5H2,1-3H3. The molecular formula is C9H16BrN3. The fraction of sp³-hybridized carbons (Fsp3) is 0.778. The summed E-state index contributed by atoms with van der Waals surface area (Å²) in [5, 5.41) is 5.08. The molecule has 0 fully saturated rings. The Labute approximate surface area is 87.7 Å². The van der Waals surface area contributed by atoms with E-state index in [0.717, 1.165) is 17.6 Å². The number of halogens is 1.